The third-order valence-electron chi connectivity index (χ3n) is 2.49. The number of hydrogen-bond donors (Lipinski definition) is 2. The lowest BCUT2D eigenvalue weighted by Crippen LogP contribution is -2.47. The first kappa shape index (κ1) is 14.1. The third kappa shape index (κ3) is 5.91. The maximum atomic E-state index is 10.5. The minimum absolute atomic E-state index is 0.0420. The molecule has 1 saturated heterocycles. The summed E-state index contributed by atoms with van der Waals surface area (Å²) in [7, 11) is -4.36. The summed E-state index contributed by atoms with van der Waals surface area (Å²) < 4.78 is 14.9. The monoisotopic (exact) mass is 253 g/mol. The number of hydrogen-bond acceptors (Lipinski definition) is 4. The van der Waals surface area contributed by atoms with Gasteiger partial charge in [0.2, 0.25) is 0 Å². The van der Waals surface area contributed by atoms with Gasteiger partial charge in [0.05, 0.1) is 6.61 Å². The van der Waals surface area contributed by atoms with Crippen LogP contribution in [0.4, 0.5) is 0 Å². The minimum atomic E-state index is -4.36. The van der Waals surface area contributed by atoms with Crippen LogP contribution in [0.3, 0.4) is 0 Å². The fourth-order valence-corrected chi connectivity index (χ4v) is 1.90. The minimum Gasteiger partial charge on any atom is -0.303 e. The fourth-order valence-electron chi connectivity index (χ4n) is 1.59. The van der Waals surface area contributed by atoms with Crippen LogP contribution in [0.25, 0.3) is 0 Å². The number of piperazine rings is 1. The summed E-state index contributed by atoms with van der Waals surface area (Å²) >= 11 is 0. The Bertz CT molecular complexity index is 239. The molecule has 0 unspecified atom stereocenters. The van der Waals surface area contributed by atoms with Gasteiger partial charge in [0.25, 0.3) is 0 Å². The topological polar surface area (TPSA) is 93.1 Å². The van der Waals surface area contributed by atoms with E-state index >= 15 is 0 Å². The lowest BCUT2D eigenvalue weighted by molar-refractivity contribution is 0.0461. The standard InChI is InChI=1S/C8H18N2O5P/c11-7-1-2-9-3-5-10(6-4-9)8-15-16(12,13)14/h1-8H2,(H2,12,13,14). The van der Waals surface area contributed by atoms with Crippen molar-refractivity contribution in [1.82, 2.24) is 9.80 Å². The molecule has 1 heterocycles. The SMILES string of the molecule is [O]CCCN1CCN(COP(=O)(O)O)CC1. The number of nitrogens with zero attached hydrogens (tertiary/aromatic N) is 2. The molecular formula is C8H18N2O5P. The van der Waals surface area contributed by atoms with Crippen molar-refractivity contribution < 1.29 is 24.0 Å². The largest absolute Gasteiger partial charge is 0.470 e. The van der Waals surface area contributed by atoms with E-state index in [1.54, 1.807) is 0 Å². The van der Waals surface area contributed by atoms with E-state index in [1.807, 2.05) is 4.90 Å². The van der Waals surface area contributed by atoms with E-state index < -0.39 is 7.82 Å². The zero-order valence-corrected chi connectivity index (χ0v) is 10.0. The normalized spacial score (nSPS) is 20.2. The van der Waals surface area contributed by atoms with E-state index in [2.05, 4.69) is 9.42 Å². The molecule has 7 nitrogen and oxygen atoms in total. The average molecular weight is 253 g/mol. The van der Waals surface area contributed by atoms with Crippen molar-refractivity contribution in [1.29, 1.82) is 0 Å². The molecule has 95 valence electrons. The van der Waals surface area contributed by atoms with Crippen LogP contribution in [0, 0.1) is 0 Å². The first-order valence-electron chi connectivity index (χ1n) is 5.24. The summed E-state index contributed by atoms with van der Waals surface area (Å²) in [6.07, 6.45) is 0.652. The molecule has 1 radical (unpaired) electrons. The highest BCUT2D eigenvalue weighted by Gasteiger charge is 2.20. The molecule has 0 aromatic rings. The summed E-state index contributed by atoms with van der Waals surface area (Å²) in [5, 5.41) is 10.3. The van der Waals surface area contributed by atoms with Crippen molar-refractivity contribution in [3.8, 4) is 0 Å². The van der Waals surface area contributed by atoms with E-state index in [-0.39, 0.29) is 13.3 Å². The van der Waals surface area contributed by atoms with Crippen molar-refractivity contribution in [3.63, 3.8) is 0 Å². The van der Waals surface area contributed by atoms with Crippen molar-refractivity contribution in [2.45, 2.75) is 6.42 Å². The summed E-state index contributed by atoms with van der Waals surface area (Å²) in [5.41, 5.74) is 0. The molecule has 0 amide bonds. The van der Waals surface area contributed by atoms with E-state index in [0.29, 0.717) is 19.5 Å². The maximum absolute atomic E-state index is 10.5. The van der Waals surface area contributed by atoms with Crippen LogP contribution in [0.5, 0.6) is 0 Å². The van der Waals surface area contributed by atoms with Crippen LogP contribution in [0.2, 0.25) is 0 Å². The van der Waals surface area contributed by atoms with Crippen LogP contribution in [0.1, 0.15) is 6.42 Å². The van der Waals surface area contributed by atoms with Crippen molar-refractivity contribution in [2.75, 3.05) is 46.1 Å². The molecule has 0 bridgehead atoms. The lowest BCUT2D eigenvalue weighted by Gasteiger charge is -2.34. The Morgan fingerprint density at radius 2 is 1.69 bits per heavy atom. The Morgan fingerprint density at radius 3 is 2.19 bits per heavy atom. The first-order valence-corrected chi connectivity index (χ1v) is 6.77. The van der Waals surface area contributed by atoms with Crippen LogP contribution >= 0.6 is 7.82 Å². The van der Waals surface area contributed by atoms with Gasteiger partial charge in [-0.3, -0.25) is 9.42 Å². The molecule has 1 fully saturated rings. The molecule has 8 heteroatoms. The molecule has 0 aliphatic carbocycles. The van der Waals surface area contributed by atoms with Gasteiger partial charge >= 0.3 is 7.82 Å². The molecule has 0 spiro atoms. The summed E-state index contributed by atoms with van der Waals surface area (Å²) in [6.45, 7) is 3.74. The number of rotatable bonds is 6. The second-order valence-corrected chi connectivity index (χ2v) is 5.01. The molecule has 0 atom stereocenters. The number of phosphoric ester groups is 1. The second kappa shape index (κ2) is 6.66. The smallest absolute Gasteiger partial charge is 0.303 e. The quantitative estimate of drug-likeness (QED) is 0.619. The van der Waals surface area contributed by atoms with E-state index in [1.165, 1.54) is 0 Å². The van der Waals surface area contributed by atoms with Crippen molar-refractivity contribution in [2.24, 2.45) is 0 Å². The highest BCUT2D eigenvalue weighted by Crippen LogP contribution is 2.35. The zero-order valence-electron chi connectivity index (χ0n) is 9.12. The molecule has 0 aromatic carbocycles. The molecule has 2 N–H and O–H groups in total. The predicted molar refractivity (Wildman–Crippen MR) is 56.2 cm³/mol. The Balaban J connectivity index is 2.14. The van der Waals surface area contributed by atoms with E-state index in [9.17, 15) is 9.67 Å². The fraction of sp³-hybridized carbons (Fsp3) is 1.00. The molecule has 1 rings (SSSR count). The highest BCUT2D eigenvalue weighted by atomic mass is 31.2. The summed E-state index contributed by atoms with van der Waals surface area (Å²) in [5.74, 6) is 0. The van der Waals surface area contributed by atoms with E-state index in [0.717, 1.165) is 19.6 Å². The molecule has 0 saturated carbocycles. The molecular weight excluding hydrogens is 235 g/mol. The second-order valence-electron chi connectivity index (χ2n) is 3.77. The van der Waals surface area contributed by atoms with Crippen LogP contribution in [-0.2, 0) is 14.2 Å². The highest BCUT2D eigenvalue weighted by molar-refractivity contribution is 7.46. The zero-order chi connectivity index (χ0) is 12.0. The Labute approximate surface area is 94.9 Å². The third-order valence-corrected chi connectivity index (χ3v) is 2.94. The van der Waals surface area contributed by atoms with Gasteiger partial charge in [0, 0.05) is 32.7 Å². The van der Waals surface area contributed by atoms with Gasteiger partial charge in [-0.15, -0.1) is 0 Å². The summed E-state index contributed by atoms with van der Waals surface area (Å²) in [4.78, 5) is 21.1. The van der Waals surface area contributed by atoms with Gasteiger partial charge in [-0.05, 0) is 6.42 Å². The van der Waals surface area contributed by atoms with Gasteiger partial charge in [-0.25, -0.2) is 9.67 Å². The Hall–Kier alpha value is -0.0100. The van der Waals surface area contributed by atoms with Crippen molar-refractivity contribution in [3.05, 3.63) is 0 Å². The Morgan fingerprint density at radius 1 is 1.12 bits per heavy atom. The van der Waals surface area contributed by atoms with Gasteiger partial charge in [-0.1, -0.05) is 0 Å². The van der Waals surface area contributed by atoms with Crippen molar-refractivity contribution >= 4 is 7.82 Å². The molecule has 16 heavy (non-hydrogen) atoms. The van der Waals surface area contributed by atoms with Gasteiger partial charge in [-0.2, -0.15) is 0 Å². The Kier molecular flexibility index (Phi) is 5.85. The van der Waals surface area contributed by atoms with Gasteiger partial charge in [0.1, 0.15) is 6.73 Å². The molecule has 1 aliphatic rings. The average Bonchev–Trinajstić information content (AvgIpc) is 2.24. The summed E-state index contributed by atoms with van der Waals surface area (Å²) in [6, 6.07) is 0. The number of phosphoric acid groups is 1. The van der Waals surface area contributed by atoms with Crippen LogP contribution in [0.15, 0.2) is 0 Å². The van der Waals surface area contributed by atoms with Gasteiger partial charge in [0.15, 0.2) is 0 Å². The maximum Gasteiger partial charge on any atom is 0.470 e. The van der Waals surface area contributed by atoms with Gasteiger partial charge < -0.3 is 14.7 Å². The molecule has 1 aliphatic heterocycles. The van der Waals surface area contributed by atoms with E-state index in [4.69, 9.17) is 9.79 Å². The lowest BCUT2D eigenvalue weighted by atomic mass is 10.3. The van der Waals surface area contributed by atoms with Crippen LogP contribution in [-0.4, -0.2) is 65.6 Å². The van der Waals surface area contributed by atoms with Crippen LogP contribution < -0.4 is 0 Å². The molecule has 0 aromatic heterocycles. The first-order chi connectivity index (χ1) is 7.51. The predicted octanol–water partition coefficient (Wildman–Crippen LogP) is -0.509.